The van der Waals surface area contributed by atoms with Gasteiger partial charge in [0.2, 0.25) is 0 Å². The Hall–Kier alpha value is -5.47. The van der Waals surface area contributed by atoms with E-state index >= 15 is 0 Å². The van der Waals surface area contributed by atoms with E-state index in [4.69, 9.17) is 22.3 Å². The highest BCUT2D eigenvalue weighted by Gasteiger charge is 2.21. The van der Waals surface area contributed by atoms with Gasteiger partial charge in [-0.05, 0) is 55.8 Å². The predicted molar refractivity (Wildman–Crippen MR) is 159 cm³/mol. The summed E-state index contributed by atoms with van der Waals surface area (Å²) in [5.41, 5.74) is 8.39. The second-order valence-corrected chi connectivity index (χ2v) is 9.56. The highest BCUT2D eigenvalue weighted by atomic mass is 35.5. The fourth-order valence-electron chi connectivity index (χ4n) is 4.36. The number of anilines is 4. The van der Waals surface area contributed by atoms with Gasteiger partial charge in [0.05, 0.1) is 27.7 Å². The normalized spacial score (nSPS) is 11.5. The second kappa shape index (κ2) is 11.3. The third-order valence-corrected chi connectivity index (χ3v) is 6.67. The van der Waals surface area contributed by atoms with Gasteiger partial charge in [0.25, 0.3) is 5.56 Å². The van der Waals surface area contributed by atoms with Crippen LogP contribution in [0.3, 0.4) is 0 Å². The molecule has 0 saturated heterocycles. The van der Waals surface area contributed by atoms with Gasteiger partial charge >= 0.3 is 6.03 Å². The first-order valence-corrected chi connectivity index (χ1v) is 12.9. The Morgan fingerprint density at radius 1 is 1.07 bits per heavy atom. The Morgan fingerprint density at radius 2 is 1.85 bits per heavy atom. The van der Waals surface area contributed by atoms with Crippen molar-refractivity contribution < 1.29 is 4.79 Å². The number of nitriles is 1. The van der Waals surface area contributed by atoms with E-state index in [0.29, 0.717) is 28.4 Å². The van der Waals surface area contributed by atoms with Crippen LogP contribution in [0.15, 0.2) is 77.9 Å². The van der Waals surface area contributed by atoms with Gasteiger partial charge in [-0.25, -0.2) is 19.7 Å². The molecule has 1 atom stereocenters. The topological polar surface area (TPSA) is 164 Å². The van der Waals surface area contributed by atoms with Crippen molar-refractivity contribution in [3.8, 4) is 11.8 Å². The summed E-state index contributed by atoms with van der Waals surface area (Å²) in [4.78, 5) is 39.5. The van der Waals surface area contributed by atoms with Gasteiger partial charge in [0, 0.05) is 11.4 Å². The predicted octanol–water partition coefficient (Wildman–Crippen LogP) is 5.41. The monoisotopic (exact) mass is 565 g/mol. The number of aryl methyl sites for hydroxylation is 1. The number of nitrogens with two attached hydrogens (primary N) is 1. The third-order valence-electron chi connectivity index (χ3n) is 6.36. The van der Waals surface area contributed by atoms with Crippen LogP contribution < -0.4 is 27.2 Å². The summed E-state index contributed by atoms with van der Waals surface area (Å²) in [5.74, 6) is 0.533. The van der Waals surface area contributed by atoms with Crippen molar-refractivity contribution in [2.75, 3.05) is 21.7 Å². The van der Waals surface area contributed by atoms with Crippen molar-refractivity contribution in [3.05, 3.63) is 105 Å². The number of nitrogens with one attached hydrogen (secondary N) is 3. The number of fused-ring (bicyclic) bond motifs is 1. The summed E-state index contributed by atoms with van der Waals surface area (Å²) >= 11 is 6.43. The number of halogens is 1. The zero-order chi connectivity index (χ0) is 29.1. The number of urea groups is 1. The molecule has 204 valence electrons. The van der Waals surface area contributed by atoms with Gasteiger partial charge in [0.15, 0.2) is 0 Å². The van der Waals surface area contributed by atoms with Crippen LogP contribution in [0, 0.1) is 18.3 Å². The molecule has 0 aliphatic heterocycles. The van der Waals surface area contributed by atoms with Crippen LogP contribution in [0.25, 0.3) is 16.6 Å². The lowest BCUT2D eigenvalue weighted by molar-refractivity contribution is 0.262. The Balaban J connectivity index is 1.57. The smallest absolute Gasteiger partial charge is 0.323 e. The molecule has 0 fully saturated rings. The highest BCUT2D eigenvalue weighted by Crippen LogP contribution is 2.27. The molecule has 5 N–H and O–H groups in total. The van der Waals surface area contributed by atoms with Crippen molar-refractivity contribution in [2.24, 2.45) is 0 Å². The van der Waals surface area contributed by atoms with Crippen LogP contribution in [0.4, 0.5) is 27.8 Å². The van der Waals surface area contributed by atoms with E-state index in [1.54, 1.807) is 55.5 Å². The molecule has 5 rings (SSSR count). The number of nitrogen functional groups attached to an aromatic ring is 1. The average molecular weight is 566 g/mol. The number of benzene rings is 3. The number of amides is 2. The van der Waals surface area contributed by atoms with E-state index in [1.165, 1.54) is 10.9 Å². The quantitative estimate of drug-likeness (QED) is 0.212. The van der Waals surface area contributed by atoms with Crippen LogP contribution in [-0.4, -0.2) is 25.6 Å². The molecule has 2 aromatic heterocycles. The number of nitrogens with zero attached hydrogens (tertiary/aromatic N) is 5. The lowest BCUT2D eigenvalue weighted by Crippen LogP contribution is -2.28. The largest absolute Gasteiger partial charge is 0.382 e. The summed E-state index contributed by atoms with van der Waals surface area (Å²) in [6.07, 6.45) is 1.24. The number of hydrogen-bond donors (Lipinski definition) is 4. The highest BCUT2D eigenvalue weighted by molar-refractivity contribution is 6.35. The molecular formula is C29H24ClN9O2. The van der Waals surface area contributed by atoms with E-state index in [0.717, 1.165) is 5.56 Å². The minimum atomic E-state index is -0.631. The average Bonchev–Trinajstić information content (AvgIpc) is 2.94. The minimum absolute atomic E-state index is 0.0237. The molecule has 12 heteroatoms. The molecule has 0 aliphatic carbocycles. The van der Waals surface area contributed by atoms with Gasteiger partial charge < -0.3 is 21.7 Å². The van der Waals surface area contributed by atoms with Gasteiger partial charge in [-0.1, -0.05) is 41.9 Å². The first-order chi connectivity index (χ1) is 19.8. The Kier molecular flexibility index (Phi) is 7.49. The SMILES string of the molecule is Cc1ccccc1NC(=O)Nc1cccc(-n2c(C(C)Nc3ncnc(N)c3C#N)nc3cccc(Cl)c3c2=O)c1. The van der Waals surface area contributed by atoms with Crippen LogP contribution in [0.1, 0.15) is 29.9 Å². The Labute approximate surface area is 239 Å². The molecule has 41 heavy (non-hydrogen) atoms. The van der Waals surface area contributed by atoms with Crippen LogP contribution >= 0.6 is 11.6 Å². The second-order valence-electron chi connectivity index (χ2n) is 9.15. The molecule has 3 aromatic carbocycles. The molecule has 2 heterocycles. The zero-order valence-electron chi connectivity index (χ0n) is 22.0. The Bertz CT molecular complexity index is 1900. The summed E-state index contributed by atoms with van der Waals surface area (Å²) in [6, 6.07) is 20.2. The van der Waals surface area contributed by atoms with Crippen LogP contribution in [-0.2, 0) is 0 Å². The summed E-state index contributed by atoms with van der Waals surface area (Å²) in [6.45, 7) is 3.67. The number of carbonyl (C=O) groups excluding carboxylic acids is 1. The zero-order valence-corrected chi connectivity index (χ0v) is 22.8. The van der Waals surface area contributed by atoms with Gasteiger partial charge in [-0.2, -0.15) is 5.26 Å². The molecule has 11 nitrogen and oxygen atoms in total. The number of para-hydroxylation sites is 1. The summed E-state index contributed by atoms with van der Waals surface area (Å²) < 4.78 is 1.41. The fraction of sp³-hybridized carbons (Fsp3) is 0.103. The number of hydrogen-bond acceptors (Lipinski definition) is 8. The number of rotatable bonds is 6. The van der Waals surface area contributed by atoms with Crippen molar-refractivity contribution in [3.63, 3.8) is 0 Å². The van der Waals surface area contributed by atoms with Gasteiger partial charge in [-0.15, -0.1) is 0 Å². The standard InChI is InChI=1S/C29H24ClN9O2/c1-16-7-3-4-11-22(16)38-29(41)36-18-8-5-9-19(13-18)39-27(37-23-12-6-10-21(30)24(23)28(39)40)17(2)35-26-20(14-31)25(32)33-15-34-26/h3-13,15,17H,1-2H3,(H2,36,38,41)(H3,32,33,34,35). The van der Waals surface area contributed by atoms with Gasteiger partial charge in [0.1, 0.15) is 35.4 Å². The van der Waals surface area contributed by atoms with Crippen molar-refractivity contribution >= 4 is 51.5 Å². The number of aromatic nitrogens is 4. The fourth-order valence-corrected chi connectivity index (χ4v) is 4.61. The molecular weight excluding hydrogens is 542 g/mol. The van der Waals surface area contributed by atoms with E-state index < -0.39 is 17.6 Å². The maximum absolute atomic E-state index is 13.9. The molecule has 0 bridgehead atoms. The number of carbonyl (C=O) groups is 1. The summed E-state index contributed by atoms with van der Waals surface area (Å²) in [7, 11) is 0. The third kappa shape index (κ3) is 5.50. The lowest BCUT2D eigenvalue weighted by atomic mass is 10.2. The molecule has 0 radical (unpaired) electrons. The van der Waals surface area contributed by atoms with Crippen molar-refractivity contribution in [1.29, 1.82) is 5.26 Å². The Morgan fingerprint density at radius 3 is 2.63 bits per heavy atom. The molecule has 0 saturated carbocycles. The van der Waals surface area contributed by atoms with E-state index in [9.17, 15) is 14.9 Å². The lowest BCUT2D eigenvalue weighted by Gasteiger charge is -2.21. The molecule has 0 aliphatic rings. The molecule has 1 unspecified atom stereocenters. The van der Waals surface area contributed by atoms with Crippen molar-refractivity contribution in [1.82, 2.24) is 19.5 Å². The maximum Gasteiger partial charge on any atom is 0.323 e. The van der Waals surface area contributed by atoms with Crippen LogP contribution in [0.5, 0.6) is 0 Å². The molecule has 5 aromatic rings. The molecule has 0 spiro atoms. The van der Waals surface area contributed by atoms with E-state index in [1.807, 2.05) is 31.2 Å². The maximum atomic E-state index is 13.9. The first-order valence-electron chi connectivity index (χ1n) is 12.5. The molecule has 2 amide bonds. The minimum Gasteiger partial charge on any atom is -0.382 e. The van der Waals surface area contributed by atoms with E-state index in [2.05, 4.69) is 25.9 Å². The summed E-state index contributed by atoms with van der Waals surface area (Å²) in [5, 5.41) is 18.8. The van der Waals surface area contributed by atoms with E-state index in [-0.39, 0.29) is 27.6 Å². The van der Waals surface area contributed by atoms with Crippen LogP contribution in [0.2, 0.25) is 5.02 Å². The first kappa shape index (κ1) is 27.1. The van der Waals surface area contributed by atoms with Gasteiger partial charge in [-0.3, -0.25) is 9.36 Å². The van der Waals surface area contributed by atoms with Crippen molar-refractivity contribution in [2.45, 2.75) is 19.9 Å².